The highest BCUT2D eigenvalue weighted by Gasteiger charge is 2.32. The zero-order valence-corrected chi connectivity index (χ0v) is 24.8. The quantitative estimate of drug-likeness (QED) is 0.322. The zero-order chi connectivity index (χ0) is 28.0. The summed E-state index contributed by atoms with van der Waals surface area (Å²) < 4.78 is 29.4. The molecule has 0 radical (unpaired) electrons. The van der Waals surface area contributed by atoms with Crippen molar-refractivity contribution in [1.82, 2.24) is 10.2 Å². The van der Waals surface area contributed by atoms with E-state index >= 15 is 0 Å². The number of aryl methyl sites for hydroxylation is 1. The predicted molar refractivity (Wildman–Crippen MR) is 155 cm³/mol. The lowest BCUT2D eigenvalue weighted by Gasteiger charge is -2.32. The van der Waals surface area contributed by atoms with Crippen LogP contribution in [0, 0.1) is 6.92 Å². The number of hydrogen-bond acceptors (Lipinski definition) is 4. The van der Waals surface area contributed by atoms with Crippen LogP contribution in [0.1, 0.15) is 31.9 Å². The monoisotopic (exact) mass is 619 g/mol. The number of rotatable bonds is 10. The lowest BCUT2D eigenvalue weighted by Crippen LogP contribution is -2.52. The molecule has 3 rings (SSSR count). The smallest absolute Gasteiger partial charge is 0.264 e. The van der Waals surface area contributed by atoms with E-state index in [2.05, 4.69) is 21.2 Å². The van der Waals surface area contributed by atoms with Gasteiger partial charge in [-0.1, -0.05) is 63.4 Å². The number of amides is 2. The van der Waals surface area contributed by atoms with Crippen molar-refractivity contribution in [3.63, 3.8) is 0 Å². The maximum absolute atomic E-state index is 13.9. The van der Waals surface area contributed by atoms with Crippen molar-refractivity contribution in [3.05, 3.63) is 93.4 Å². The van der Waals surface area contributed by atoms with Gasteiger partial charge in [0.15, 0.2) is 0 Å². The molecule has 0 aromatic heterocycles. The molecule has 7 nitrogen and oxygen atoms in total. The minimum absolute atomic E-state index is 0.0417. The number of nitrogens with zero attached hydrogens (tertiary/aromatic N) is 2. The fourth-order valence-electron chi connectivity index (χ4n) is 3.82. The predicted octanol–water partition coefficient (Wildman–Crippen LogP) is 5.55. The molecule has 3 aromatic rings. The van der Waals surface area contributed by atoms with Crippen molar-refractivity contribution in [3.8, 4) is 0 Å². The summed E-state index contributed by atoms with van der Waals surface area (Å²) in [6, 6.07) is 19.1. The van der Waals surface area contributed by atoms with E-state index < -0.39 is 28.5 Å². The number of benzene rings is 3. The summed E-state index contributed by atoms with van der Waals surface area (Å²) >= 11 is 9.63. The van der Waals surface area contributed by atoms with Crippen molar-refractivity contribution in [2.45, 2.75) is 51.2 Å². The molecule has 0 saturated heterocycles. The number of carbonyl (C=O) groups is 2. The van der Waals surface area contributed by atoms with Crippen molar-refractivity contribution >= 4 is 55.1 Å². The van der Waals surface area contributed by atoms with E-state index in [1.807, 2.05) is 45.0 Å². The van der Waals surface area contributed by atoms with Crippen molar-refractivity contribution in [2.24, 2.45) is 0 Å². The van der Waals surface area contributed by atoms with Crippen LogP contribution in [0.5, 0.6) is 0 Å². The molecule has 0 aliphatic rings. The lowest BCUT2D eigenvalue weighted by atomic mass is 10.1. The first-order valence-corrected chi connectivity index (χ1v) is 14.7. The molecule has 202 valence electrons. The molecule has 38 heavy (non-hydrogen) atoms. The standard InChI is InChI=1S/C28H31BrClN3O4S/c1-19(2)31-28(35)21(4)32(17-22-7-5-8-23(29)15-22)27(34)18-33(25-10-6-9-24(30)16-25)38(36,37)26-13-11-20(3)12-14-26/h5-16,19,21H,17-18H2,1-4H3,(H,31,35)/t21-/m1/s1. The third kappa shape index (κ3) is 7.58. The van der Waals surface area contributed by atoms with E-state index in [1.165, 1.54) is 23.1 Å². The highest BCUT2D eigenvalue weighted by molar-refractivity contribution is 9.10. The van der Waals surface area contributed by atoms with Gasteiger partial charge in [-0.15, -0.1) is 0 Å². The highest BCUT2D eigenvalue weighted by atomic mass is 79.9. The lowest BCUT2D eigenvalue weighted by molar-refractivity contribution is -0.139. The Balaban J connectivity index is 2.03. The number of sulfonamides is 1. The van der Waals surface area contributed by atoms with Crippen LogP contribution in [0.3, 0.4) is 0 Å². The second-order valence-electron chi connectivity index (χ2n) is 9.30. The first-order valence-electron chi connectivity index (χ1n) is 12.1. The molecule has 0 saturated carbocycles. The second-order valence-corrected chi connectivity index (χ2v) is 12.5. The van der Waals surface area contributed by atoms with Crippen LogP contribution >= 0.6 is 27.5 Å². The molecule has 3 aromatic carbocycles. The summed E-state index contributed by atoms with van der Waals surface area (Å²) in [6.45, 7) is 6.74. The molecule has 0 fully saturated rings. The first kappa shape index (κ1) is 29.7. The van der Waals surface area contributed by atoms with Crippen molar-refractivity contribution in [1.29, 1.82) is 0 Å². The van der Waals surface area contributed by atoms with E-state index in [4.69, 9.17) is 11.6 Å². The second kappa shape index (κ2) is 12.8. The summed E-state index contributed by atoms with van der Waals surface area (Å²) in [4.78, 5) is 28.2. The Kier molecular flexibility index (Phi) is 9.98. The van der Waals surface area contributed by atoms with Crippen LogP contribution in [0.15, 0.2) is 82.2 Å². The molecule has 0 heterocycles. The average Bonchev–Trinajstić information content (AvgIpc) is 2.85. The van der Waals surface area contributed by atoms with Gasteiger partial charge in [-0.3, -0.25) is 13.9 Å². The van der Waals surface area contributed by atoms with Crippen LogP contribution < -0.4 is 9.62 Å². The van der Waals surface area contributed by atoms with Crippen LogP contribution in [0.4, 0.5) is 5.69 Å². The summed E-state index contributed by atoms with van der Waals surface area (Å²) in [5.74, 6) is -0.869. The summed E-state index contributed by atoms with van der Waals surface area (Å²) in [5.41, 5.74) is 1.93. The van der Waals surface area contributed by atoms with Crippen LogP contribution in [-0.4, -0.2) is 43.8 Å². The van der Waals surface area contributed by atoms with E-state index in [1.54, 1.807) is 37.3 Å². The van der Waals surface area contributed by atoms with E-state index in [0.717, 1.165) is 19.9 Å². The summed E-state index contributed by atoms with van der Waals surface area (Å²) in [7, 11) is -4.14. The third-order valence-corrected chi connectivity index (χ3v) is 8.34. The highest BCUT2D eigenvalue weighted by Crippen LogP contribution is 2.27. The van der Waals surface area contributed by atoms with E-state index in [0.29, 0.717) is 5.02 Å². The molecule has 2 amide bonds. The van der Waals surface area contributed by atoms with Crippen LogP contribution in [0.25, 0.3) is 0 Å². The molecular weight excluding hydrogens is 590 g/mol. The first-order chi connectivity index (χ1) is 17.9. The van der Waals surface area contributed by atoms with Gasteiger partial charge in [-0.2, -0.15) is 0 Å². The minimum atomic E-state index is -4.14. The molecule has 0 unspecified atom stereocenters. The Bertz CT molecular complexity index is 1400. The van der Waals surface area contributed by atoms with Gasteiger partial charge in [-0.05, 0) is 75.7 Å². The summed E-state index contributed by atoms with van der Waals surface area (Å²) in [6.07, 6.45) is 0. The van der Waals surface area contributed by atoms with Gasteiger partial charge in [0, 0.05) is 22.1 Å². The van der Waals surface area contributed by atoms with Gasteiger partial charge in [0.25, 0.3) is 10.0 Å². The van der Waals surface area contributed by atoms with Crippen molar-refractivity contribution in [2.75, 3.05) is 10.8 Å². The number of halogens is 2. The minimum Gasteiger partial charge on any atom is -0.352 e. The van der Waals surface area contributed by atoms with Crippen LogP contribution in [-0.2, 0) is 26.2 Å². The van der Waals surface area contributed by atoms with Crippen LogP contribution in [0.2, 0.25) is 5.02 Å². The zero-order valence-electron chi connectivity index (χ0n) is 21.7. The summed E-state index contributed by atoms with van der Waals surface area (Å²) in [5, 5.41) is 3.17. The Morgan fingerprint density at radius 2 is 1.63 bits per heavy atom. The van der Waals surface area contributed by atoms with E-state index in [-0.39, 0.29) is 29.1 Å². The molecular formula is C28H31BrClN3O4S. The SMILES string of the molecule is Cc1ccc(S(=O)(=O)N(CC(=O)N(Cc2cccc(Br)c2)[C@H](C)C(=O)NC(C)C)c2cccc(Cl)c2)cc1. The molecule has 1 atom stereocenters. The third-order valence-electron chi connectivity index (χ3n) is 5.82. The Hall–Kier alpha value is -2.88. The molecule has 10 heteroatoms. The molecule has 1 N–H and O–H groups in total. The largest absolute Gasteiger partial charge is 0.352 e. The van der Waals surface area contributed by atoms with Gasteiger partial charge >= 0.3 is 0 Å². The normalized spacial score (nSPS) is 12.2. The Morgan fingerprint density at radius 1 is 0.974 bits per heavy atom. The van der Waals surface area contributed by atoms with Gasteiger partial charge in [0.2, 0.25) is 11.8 Å². The molecule has 0 spiro atoms. The number of nitrogens with one attached hydrogen (secondary N) is 1. The average molecular weight is 621 g/mol. The van der Waals surface area contributed by atoms with Gasteiger partial charge in [0.1, 0.15) is 12.6 Å². The number of hydrogen-bond donors (Lipinski definition) is 1. The number of carbonyl (C=O) groups excluding carboxylic acids is 2. The van der Waals surface area contributed by atoms with Crippen molar-refractivity contribution < 1.29 is 18.0 Å². The fourth-order valence-corrected chi connectivity index (χ4v) is 5.85. The van der Waals surface area contributed by atoms with Gasteiger partial charge in [-0.25, -0.2) is 8.42 Å². The topological polar surface area (TPSA) is 86.8 Å². The molecule has 0 aliphatic carbocycles. The Morgan fingerprint density at radius 3 is 2.24 bits per heavy atom. The van der Waals surface area contributed by atoms with Gasteiger partial charge in [0.05, 0.1) is 10.6 Å². The number of anilines is 1. The maximum atomic E-state index is 13.9. The maximum Gasteiger partial charge on any atom is 0.264 e. The molecule has 0 bridgehead atoms. The van der Waals surface area contributed by atoms with Gasteiger partial charge < -0.3 is 10.2 Å². The molecule has 0 aliphatic heterocycles. The fraction of sp³-hybridized carbons (Fsp3) is 0.286. The Labute approximate surface area is 238 Å². The van der Waals surface area contributed by atoms with E-state index in [9.17, 15) is 18.0 Å².